The van der Waals surface area contributed by atoms with Crippen LogP contribution in [-0.4, -0.2) is 37.0 Å². The van der Waals surface area contributed by atoms with Crippen molar-refractivity contribution in [3.05, 3.63) is 59.2 Å². The normalized spacial score (nSPS) is 12.5. The van der Waals surface area contributed by atoms with Crippen LogP contribution in [0, 0.1) is 5.41 Å². The molecule has 0 fully saturated rings. The van der Waals surface area contributed by atoms with Crippen LogP contribution in [0.3, 0.4) is 0 Å². The molecule has 9 heteroatoms. The first kappa shape index (κ1) is 21.7. The third-order valence-electron chi connectivity index (χ3n) is 4.15. The molecule has 0 saturated heterocycles. The van der Waals surface area contributed by atoms with Crippen molar-refractivity contribution in [3.8, 4) is 11.5 Å². The summed E-state index contributed by atoms with van der Waals surface area (Å²) < 4.78 is 15.5. The molecule has 0 aliphatic heterocycles. The van der Waals surface area contributed by atoms with E-state index >= 15 is 0 Å². The molecule has 5 N–H and O–H groups in total. The number of nitrogen functional groups attached to an aromatic ring is 1. The number of esters is 1. The number of hydrogen-bond acceptors (Lipinski definition) is 7. The molecule has 154 valence electrons. The Labute approximate surface area is 167 Å². The van der Waals surface area contributed by atoms with Gasteiger partial charge in [0.05, 0.1) is 12.7 Å². The highest BCUT2D eigenvalue weighted by Crippen LogP contribution is 2.36. The molecule has 2 aromatic rings. The summed E-state index contributed by atoms with van der Waals surface area (Å²) in [6.07, 6.45) is 0. The number of hydrogen-bond donors (Lipinski definition) is 4. The third kappa shape index (κ3) is 4.82. The number of phenols is 1. The molecule has 1 atom stereocenters. The van der Waals surface area contributed by atoms with Gasteiger partial charge in [-0.1, -0.05) is 24.3 Å². The number of ether oxygens (including phenoxy) is 3. The number of phenolic OH excluding ortho intramolecular Hbond substituents is 1. The van der Waals surface area contributed by atoms with E-state index < -0.39 is 17.7 Å². The van der Waals surface area contributed by atoms with Gasteiger partial charge in [0.2, 0.25) is 0 Å². The van der Waals surface area contributed by atoms with Gasteiger partial charge < -0.3 is 30.4 Å². The van der Waals surface area contributed by atoms with E-state index in [-0.39, 0.29) is 23.7 Å². The predicted molar refractivity (Wildman–Crippen MR) is 104 cm³/mol. The summed E-state index contributed by atoms with van der Waals surface area (Å²) in [4.78, 5) is 24.7. The van der Waals surface area contributed by atoms with E-state index in [2.05, 4.69) is 5.32 Å². The topological polar surface area (TPSA) is 144 Å². The summed E-state index contributed by atoms with van der Waals surface area (Å²) in [7, 11) is 2.61. The first-order valence-corrected chi connectivity index (χ1v) is 8.57. The maximum atomic E-state index is 13.0. The van der Waals surface area contributed by atoms with E-state index in [0.717, 1.165) is 12.5 Å². The van der Waals surface area contributed by atoms with Gasteiger partial charge in [0, 0.05) is 32.2 Å². The van der Waals surface area contributed by atoms with Crippen molar-refractivity contribution in [2.24, 2.45) is 5.73 Å². The van der Waals surface area contributed by atoms with Crippen LogP contribution < -0.4 is 15.8 Å². The molecular formula is C20H23N3O6. The highest BCUT2D eigenvalue weighted by atomic mass is 16.7. The first-order chi connectivity index (χ1) is 13.7. The lowest BCUT2D eigenvalue weighted by Gasteiger charge is -2.31. The number of nitrogens with one attached hydrogen (secondary N) is 2. The molecule has 1 unspecified atom stereocenters. The zero-order chi connectivity index (χ0) is 21.6. The van der Waals surface area contributed by atoms with Gasteiger partial charge in [-0.15, -0.1) is 0 Å². The Kier molecular flexibility index (Phi) is 6.79. The lowest BCUT2D eigenvalue weighted by atomic mass is 10.0. The maximum Gasteiger partial charge on any atom is 0.324 e. The number of carbonyl (C=O) groups is 2. The molecule has 2 rings (SSSR count). The molecule has 0 aromatic heterocycles. The van der Waals surface area contributed by atoms with Crippen molar-refractivity contribution in [2.75, 3.05) is 14.2 Å². The van der Waals surface area contributed by atoms with Crippen molar-refractivity contribution in [2.45, 2.75) is 19.3 Å². The van der Waals surface area contributed by atoms with E-state index in [9.17, 15) is 14.7 Å². The molecule has 9 nitrogen and oxygen atoms in total. The summed E-state index contributed by atoms with van der Waals surface area (Å²) in [5, 5.41) is 20.4. The Hall–Kier alpha value is -3.59. The van der Waals surface area contributed by atoms with Crippen LogP contribution in [-0.2, 0) is 31.4 Å². The fourth-order valence-electron chi connectivity index (χ4n) is 2.69. The Bertz CT molecular complexity index is 913. The number of methoxy groups -OCH3 is 2. The summed E-state index contributed by atoms with van der Waals surface area (Å²) in [5.74, 6) is -3.81. The Morgan fingerprint density at radius 1 is 1.17 bits per heavy atom. The van der Waals surface area contributed by atoms with Gasteiger partial charge >= 0.3 is 11.8 Å². The summed E-state index contributed by atoms with van der Waals surface area (Å²) in [5.41, 5.74) is 6.64. The minimum atomic E-state index is -2.19. The molecule has 0 aliphatic carbocycles. The average molecular weight is 401 g/mol. The van der Waals surface area contributed by atoms with Crippen LogP contribution in [0.25, 0.3) is 0 Å². The molecule has 0 heterocycles. The number of amides is 1. The number of carbonyl (C=O) groups excluding carboxylic acids is 2. The zero-order valence-corrected chi connectivity index (χ0v) is 16.3. The number of nitrogens with two attached hydrogens (primary N) is 1. The maximum absolute atomic E-state index is 13.0. The van der Waals surface area contributed by atoms with Crippen molar-refractivity contribution in [1.29, 1.82) is 5.41 Å². The SMILES string of the molecule is COc1ccc(C(OC)(OC(C)=O)C(=O)NCc2ccc(C(=N)N)cc2)c(O)c1. The second-order valence-corrected chi connectivity index (χ2v) is 6.09. The fourth-order valence-corrected chi connectivity index (χ4v) is 2.69. The lowest BCUT2D eigenvalue weighted by Crippen LogP contribution is -2.48. The van der Waals surface area contributed by atoms with Gasteiger partial charge in [0.1, 0.15) is 17.3 Å². The van der Waals surface area contributed by atoms with Gasteiger partial charge in [-0.25, -0.2) is 0 Å². The van der Waals surface area contributed by atoms with Crippen LogP contribution >= 0.6 is 0 Å². The summed E-state index contributed by atoms with van der Waals surface area (Å²) in [6, 6.07) is 10.8. The second-order valence-electron chi connectivity index (χ2n) is 6.09. The molecule has 1 amide bonds. The first-order valence-electron chi connectivity index (χ1n) is 8.57. The van der Waals surface area contributed by atoms with Crippen LogP contribution in [0.15, 0.2) is 42.5 Å². The van der Waals surface area contributed by atoms with Gasteiger partial charge in [-0.3, -0.25) is 15.0 Å². The Balaban J connectivity index is 2.32. The molecule has 2 aromatic carbocycles. The second kappa shape index (κ2) is 9.07. The Morgan fingerprint density at radius 2 is 1.83 bits per heavy atom. The van der Waals surface area contributed by atoms with Crippen molar-refractivity contribution < 1.29 is 28.9 Å². The molecule has 0 radical (unpaired) electrons. The highest BCUT2D eigenvalue weighted by Gasteiger charge is 2.46. The average Bonchev–Trinajstić information content (AvgIpc) is 2.70. The number of rotatable bonds is 8. The van der Waals surface area contributed by atoms with E-state index in [1.807, 2.05) is 0 Å². The quantitative estimate of drug-likeness (QED) is 0.226. The highest BCUT2D eigenvalue weighted by molar-refractivity contribution is 5.94. The molecule has 0 aliphatic rings. The molecule has 0 spiro atoms. The smallest absolute Gasteiger partial charge is 0.324 e. The monoisotopic (exact) mass is 401 g/mol. The minimum absolute atomic E-state index is 0.0552. The van der Waals surface area contributed by atoms with Crippen LogP contribution in [0.5, 0.6) is 11.5 Å². The minimum Gasteiger partial charge on any atom is -0.507 e. The fraction of sp³-hybridized carbons (Fsp3) is 0.250. The van der Waals surface area contributed by atoms with Gasteiger partial charge in [0.25, 0.3) is 5.91 Å². The standard InChI is InChI=1S/C20H23N3O6/c1-12(24)29-20(28-3,16-9-8-15(27-2)10-17(16)25)19(26)23-11-13-4-6-14(7-5-13)18(21)22/h4-10,25H,11H2,1-3H3,(H3,21,22)(H,23,26). The van der Waals surface area contributed by atoms with Crippen LogP contribution in [0.2, 0.25) is 0 Å². The van der Waals surface area contributed by atoms with Crippen LogP contribution in [0.4, 0.5) is 0 Å². The van der Waals surface area contributed by atoms with Gasteiger partial charge in [-0.05, 0) is 17.7 Å². The Morgan fingerprint density at radius 3 is 2.31 bits per heavy atom. The lowest BCUT2D eigenvalue weighted by molar-refractivity contribution is -0.225. The molecule has 0 saturated carbocycles. The van der Waals surface area contributed by atoms with Crippen molar-refractivity contribution in [1.82, 2.24) is 5.32 Å². The molecule has 29 heavy (non-hydrogen) atoms. The van der Waals surface area contributed by atoms with Crippen LogP contribution in [0.1, 0.15) is 23.6 Å². The van der Waals surface area contributed by atoms with Gasteiger partial charge in [0.15, 0.2) is 0 Å². The largest absolute Gasteiger partial charge is 0.507 e. The number of benzene rings is 2. The van der Waals surface area contributed by atoms with Gasteiger partial charge in [-0.2, -0.15) is 0 Å². The molecule has 0 bridgehead atoms. The predicted octanol–water partition coefficient (Wildman–Crippen LogP) is 1.36. The van der Waals surface area contributed by atoms with Crippen molar-refractivity contribution >= 4 is 17.7 Å². The van der Waals surface area contributed by atoms with E-state index in [1.54, 1.807) is 24.3 Å². The number of amidine groups is 1. The van der Waals surface area contributed by atoms with E-state index in [1.165, 1.54) is 32.4 Å². The number of aromatic hydroxyl groups is 1. The third-order valence-corrected chi connectivity index (χ3v) is 4.15. The summed E-state index contributed by atoms with van der Waals surface area (Å²) in [6.45, 7) is 1.21. The summed E-state index contributed by atoms with van der Waals surface area (Å²) >= 11 is 0. The van der Waals surface area contributed by atoms with Crippen molar-refractivity contribution in [3.63, 3.8) is 0 Å². The molecular weight excluding hydrogens is 378 g/mol. The zero-order valence-electron chi connectivity index (χ0n) is 16.3. The van der Waals surface area contributed by atoms with E-state index in [4.69, 9.17) is 25.4 Å². The van der Waals surface area contributed by atoms with E-state index in [0.29, 0.717) is 11.3 Å².